The van der Waals surface area contributed by atoms with Gasteiger partial charge in [0.25, 0.3) is 0 Å². The van der Waals surface area contributed by atoms with Gasteiger partial charge in [-0.15, -0.1) is 0 Å². The zero-order chi connectivity index (χ0) is 12.8. The minimum Gasteiger partial charge on any atom is -0.491 e. The average Bonchev–Trinajstić information content (AvgIpc) is 2.41. The van der Waals surface area contributed by atoms with Crippen molar-refractivity contribution in [1.29, 1.82) is 0 Å². The number of morpholine rings is 1. The van der Waals surface area contributed by atoms with Crippen molar-refractivity contribution in [3.8, 4) is 5.75 Å². The molecule has 4 nitrogen and oxygen atoms in total. The van der Waals surface area contributed by atoms with Gasteiger partial charge in [-0.25, -0.2) is 0 Å². The molecular formula is C13H19ClN2O2. The molecule has 1 fully saturated rings. The Morgan fingerprint density at radius 1 is 1.44 bits per heavy atom. The molecule has 5 heteroatoms. The van der Waals surface area contributed by atoms with Crippen molar-refractivity contribution in [3.05, 3.63) is 29.3 Å². The van der Waals surface area contributed by atoms with Gasteiger partial charge in [-0.2, -0.15) is 0 Å². The van der Waals surface area contributed by atoms with E-state index < -0.39 is 0 Å². The van der Waals surface area contributed by atoms with Gasteiger partial charge in [-0.3, -0.25) is 4.90 Å². The van der Waals surface area contributed by atoms with Crippen LogP contribution < -0.4 is 10.5 Å². The molecule has 1 aromatic carbocycles. The second-order valence-electron chi connectivity index (χ2n) is 4.31. The smallest absolute Gasteiger partial charge is 0.137 e. The predicted octanol–water partition coefficient (Wildman–Crippen LogP) is 1.38. The molecule has 0 saturated carbocycles. The normalized spacial score (nSPS) is 20.9. The first kappa shape index (κ1) is 13.6. The molecule has 1 atom stereocenters. The first-order chi connectivity index (χ1) is 8.79. The van der Waals surface area contributed by atoms with E-state index in [4.69, 9.17) is 26.8 Å². The molecule has 1 aliphatic heterocycles. The molecule has 1 heterocycles. The summed E-state index contributed by atoms with van der Waals surface area (Å²) in [6.07, 6.45) is 0.152. The molecule has 0 amide bonds. The topological polar surface area (TPSA) is 47.7 Å². The van der Waals surface area contributed by atoms with Gasteiger partial charge in [0.15, 0.2) is 0 Å². The summed E-state index contributed by atoms with van der Waals surface area (Å²) in [6.45, 7) is 4.62. The van der Waals surface area contributed by atoms with E-state index in [-0.39, 0.29) is 6.10 Å². The molecule has 18 heavy (non-hydrogen) atoms. The Hall–Kier alpha value is -0.810. The Kier molecular flexibility index (Phi) is 5.26. The van der Waals surface area contributed by atoms with Gasteiger partial charge in [0, 0.05) is 26.2 Å². The third-order valence-electron chi connectivity index (χ3n) is 2.99. The second kappa shape index (κ2) is 6.95. The van der Waals surface area contributed by atoms with Crippen molar-refractivity contribution in [3.63, 3.8) is 0 Å². The highest BCUT2D eigenvalue weighted by atomic mass is 35.5. The van der Waals surface area contributed by atoms with Gasteiger partial charge in [0.1, 0.15) is 12.4 Å². The number of ether oxygens (including phenoxy) is 2. The Bertz CT molecular complexity index is 376. The van der Waals surface area contributed by atoms with Gasteiger partial charge in [0.2, 0.25) is 0 Å². The summed E-state index contributed by atoms with van der Waals surface area (Å²) < 4.78 is 11.2. The van der Waals surface area contributed by atoms with Crippen LogP contribution in [0.15, 0.2) is 24.3 Å². The summed E-state index contributed by atoms with van der Waals surface area (Å²) >= 11 is 6.02. The van der Waals surface area contributed by atoms with Crippen LogP contribution in [0.3, 0.4) is 0 Å². The molecular weight excluding hydrogens is 252 g/mol. The minimum atomic E-state index is 0.152. The van der Waals surface area contributed by atoms with E-state index in [2.05, 4.69) is 4.90 Å². The van der Waals surface area contributed by atoms with Crippen molar-refractivity contribution in [2.24, 2.45) is 5.73 Å². The number of rotatable bonds is 5. The van der Waals surface area contributed by atoms with Gasteiger partial charge in [-0.1, -0.05) is 23.7 Å². The highest BCUT2D eigenvalue weighted by molar-refractivity contribution is 6.32. The Balaban J connectivity index is 1.73. The van der Waals surface area contributed by atoms with Crippen molar-refractivity contribution >= 4 is 11.6 Å². The summed E-state index contributed by atoms with van der Waals surface area (Å²) in [5.41, 5.74) is 5.60. The average molecular weight is 271 g/mol. The molecule has 0 radical (unpaired) electrons. The monoisotopic (exact) mass is 270 g/mol. The van der Waals surface area contributed by atoms with Gasteiger partial charge < -0.3 is 15.2 Å². The summed E-state index contributed by atoms with van der Waals surface area (Å²) in [7, 11) is 0. The quantitative estimate of drug-likeness (QED) is 0.878. The van der Waals surface area contributed by atoms with Crippen LogP contribution in [-0.2, 0) is 4.74 Å². The lowest BCUT2D eigenvalue weighted by molar-refractivity contribution is -0.0261. The molecule has 1 aliphatic rings. The lowest BCUT2D eigenvalue weighted by Gasteiger charge is -2.32. The van der Waals surface area contributed by atoms with E-state index in [0.717, 1.165) is 32.0 Å². The highest BCUT2D eigenvalue weighted by Gasteiger charge is 2.18. The van der Waals surface area contributed by atoms with Crippen LogP contribution in [0.4, 0.5) is 0 Å². The predicted molar refractivity (Wildman–Crippen MR) is 72.2 cm³/mol. The van der Waals surface area contributed by atoms with Gasteiger partial charge >= 0.3 is 0 Å². The van der Waals surface area contributed by atoms with Crippen LogP contribution in [0.25, 0.3) is 0 Å². The number of hydrogen-bond acceptors (Lipinski definition) is 4. The molecule has 0 bridgehead atoms. The molecule has 2 rings (SSSR count). The van der Waals surface area contributed by atoms with Gasteiger partial charge in [-0.05, 0) is 12.1 Å². The van der Waals surface area contributed by atoms with Crippen LogP contribution >= 0.6 is 11.6 Å². The zero-order valence-electron chi connectivity index (χ0n) is 10.3. The Morgan fingerprint density at radius 2 is 2.28 bits per heavy atom. The van der Waals surface area contributed by atoms with Crippen molar-refractivity contribution in [2.75, 3.05) is 39.4 Å². The van der Waals surface area contributed by atoms with Crippen molar-refractivity contribution in [2.45, 2.75) is 6.10 Å². The summed E-state index contributed by atoms with van der Waals surface area (Å²) in [4.78, 5) is 2.30. The molecule has 1 unspecified atom stereocenters. The first-order valence-electron chi connectivity index (χ1n) is 6.21. The first-order valence-corrected chi connectivity index (χ1v) is 6.58. The SMILES string of the molecule is NCC1CN(CCOc2ccccc2Cl)CCO1. The van der Waals surface area contributed by atoms with Crippen molar-refractivity contribution < 1.29 is 9.47 Å². The lowest BCUT2D eigenvalue weighted by Crippen LogP contribution is -2.46. The molecule has 2 N–H and O–H groups in total. The molecule has 100 valence electrons. The molecule has 1 aromatic rings. The third-order valence-corrected chi connectivity index (χ3v) is 3.30. The van der Waals surface area contributed by atoms with E-state index >= 15 is 0 Å². The maximum absolute atomic E-state index is 6.02. The second-order valence-corrected chi connectivity index (χ2v) is 4.72. The van der Waals surface area contributed by atoms with E-state index in [1.165, 1.54) is 0 Å². The molecule has 0 aromatic heterocycles. The van der Waals surface area contributed by atoms with Crippen LogP contribution in [0, 0.1) is 0 Å². The number of nitrogens with two attached hydrogens (primary N) is 1. The summed E-state index contributed by atoms with van der Waals surface area (Å²) in [5, 5.41) is 0.652. The molecule has 1 saturated heterocycles. The van der Waals surface area contributed by atoms with E-state index in [1.54, 1.807) is 0 Å². The zero-order valence-corrected chi connectivity index (χ0v) is 11.1. The molecule has 0 aliphatic carbocycles. The van der Waals surface area contributed by atoms with E-state index in [0.29, 0.717) is 18.2 Å². The van der Waals surface area contributed by atoms with Crippen molar-refractivity contribution in [1.82, 2.24) is 4.90 Å². The van der Waals surface area contributed by atoms with E-state index in [1.807, 2.05) is 24.3 Å². The third kappa shape index (κ3) is 3.85. The lowest BCUT2D eigenvalue weighted by atomic mass is 10.3. The fourth-order valence-electron chi connectivity index (χ4n) is 1.97. The fraction of sp³-hybridized carbons (Fsp3) is 0.538. The fourth-order valence-corrected chi connectivity index (χ4v) is 2.16. The largest absolute Gasteiger partial charge is 0.491 e. The molecule has 0 spiro atoms. The maximum atomic E-state index is 6.02. The summed E-state index contributed by atoms with van der Waals surface area (Å²) in [6, 6.07) is 7.52. The van der Waals surface area contributed by atoms with Crippen LogP contribution in [-0.4, -0.2) is 50.4 Å². The van der Waals surface area contributed by atoms with Crippen LogP contribution in [0.2, 0.25) is 5.02 Å². The Labute approximate surface area is 113 Å². The van der Waals surface area contributed by atoms with Gasteiger partial charge in [0.05, 0.1) is 17.7 Å². The number of benzene rings is 1. The number of halogens is 1. The Morgan fingerprint density at radius 3 is 3.06 bits per heavy atom. The number of hydrogen-bond donors (Lipinski definition) is 1. The van der Waals surface area contributed by atoms with E-state index in [9.17, 15) is 0 Å². The number of para-hydroxylation sites is 1. The summed E-state index contributed by atoms with van der Waals surface area (Å²) in [5.74, 6) is 0.739. The standard InChI is InChI=1S/C13H19ClN2O2/c14-12-3-1-2-4-13(12)18-8-6-16-5-7-17-11(9-15)10-16/h1-4,11H,5-10,15H2. The maximum Gasteiger partial charge on any atom is 0.137 e. The van der Waals surface area contributed by atoms with Crippen LogP contribution in [0.5, 0.6) is 5.75 Å². The highest BCUT2D eigenvalue weighted by Crippen LogP contribution is 2.22. The van der Waals surface area contributed by atoms with Crippen LogP contribution in [0.1, 0.15) is 0 Å². The number of nitrogens with zero attached hydrogens (tertiary/aromatic N) is 1. The minimum absolute atomic E-state index is 0.152.